The van der Waals surface area contributed by atoms with Crippen LogP contribution in [0.2, 0.25) is 0 Å². The fraction of sp³-hybridized carbons (Fsp3) is 0.519. The quantitative estimate of drug-likeness (QED) is 0.0152. The number of unbranched alkanes of at least 4 members (excludes halogenated alkanes) is 1. The number of para-hydroxylation sites is 1. The monoisotopic (exact) mass is 1160 g/mol. The van der Waals surface area contributed by atoms with Gasteiger partial charge in [-0.15, -0.1) is 0 Å². The number of aromatic nitrogens is 1. The summed E-state index contributed by atoms with van der Waals surface area (Å²) in [4.78, 5) is 154. The van der Waals surface area contributed by atoms with E-state index in [0.29, 0.717) is 24.0 Å². The Morgan fingerprint density at radius 2 is 1.14 bits per heavy atom. The van der Waals surface area contributed by atoms with E-state index in [0.717, 1.165) is 17.8 Å². The second kappa shape index (κ2) is 34.6. The first kappa shape index (κ1) is 68.6. The third-order valence-corrected chi connectivity index (χ3v) is 13.4. The van der Waals surface area contributed by atoms with Gasteiger partial charge < -0.3 is 91.1 Å². The molecule has 456 valence electrons. The van der Waals surface area contributed by atoms with Crippen LogP contribution >= 0.6 is 0 Å². The number of carbonyl (C=O) groups is 11. The highest BCUT2D eigenvalue weighted by Crippen LogP contribution is 2.20. The molecule has 0 bridgehead atoms. The maximum atomic E-state index is 14.3. The molecule has 3 aromatic rings. The van der Waals surface area contributed by atoms with Gasteiger partial charge in [-0.1, -0.05) is 68.8 Å². The summed E-state index contributed by atoms with van der Waals surface area (Å²) in [5.74, 6) is -11.7. The van der Waals surface area contributed by atoms with E-state index in [1.165, 1.54) is 13.8 Å². The zero-order chi connectivity index (χ0) is 61.9. The summed E-state index contributed by atoms with van der Waals surface area (Å²) in [6, 6.07) is 2.15. The summed E-state index contributed by atoms with van der Waals surface area (Å²) >= 11 is 0. The molecule has 0 aliphatic carbocycles. The number of hydrogen-bond donors (Lipinski definition) is 17. The molecule has 0 spiro atoms. The fourth-order valence-corrected chi connectivity index (χ4v) is 8.28. The number of H-pyrrole nitrogens is 1. The van der Waals surface area contributed by atoms with Gasteiger partial charge in [0.05, 0.1) is 25.1 Å². The number of carbonyl (C=O) groups excluding carboxylic acids is 9. The summed E-state index contributed by atoms with van der Waals surface area (Å²) in [6.45, 7) is 7.01. The standard InChI is InChI=1S/C54H81N15O14/c1-6-28(2)43(56)51(80)61-27-41(71)64-39(24-33-26-60-35-18-11-10-17-34(33)35)48(77)65-36(19-12-13-21-55)47(76)68-40(25-42(72)73)49(78)67-38(23-32-15-8-7-9-16-32)50(79)69-44(31(5)70)52(81)63-29(3)45(74)62-30(4)46(75)66-37(53(82)83)20-14-22-59-54(57)58/h7-11,15-18,26,28-31,36-40,43-44,60,70H,6,12-14,19-25,27,55-56H2,1-5H3,(H,61,80)(H,62,74)(H,63,81)(H,64,71)(H,65,77)(H,66,75)(H,67,78)(H,68,76)(H,69,79)(H,72,73)(H,82,83)(H4,57,58,59)/t28-,29-,30-,31+,36-,37-,38-,39-,40-,43-,44-/m0/s1. The molecule has 9 amide bonds. The minimum Gasteiger partial charge on any atom is -0.481 e. The van der Waals surface area contributed by atoms with Crippen LogP contribution in [-0.2, 0) is 65.6 Å². The number of aliphatic carboxylic acids is 2. The summed E-state index contributed by atoms with van der Waals surface area (Å²) in [5.41, 5.74) is 24.2. The van der Waals surface area contributed by atoms with E-state index < -0.39 is 139 Å². The van der Waals surface area contributed by atoms with Crippen molar-refractivity contribution >= 4 is 82.0 Å². The Hall–Kier alpha value is -8.70. The number of hydrogen-bond acceptors (Lipinski definition) is 15. The number of guanidine groups is 1. The molecule has 0 aliphatic rings. The molecule has 3 rings (SSSR count). The summed E-state index contributed by atoms with van der Waals surface area (Å²) in [6.07, 6.45) is -0.133. The van der Waals surface area contributed by atoms with E-state index in [9.17, 15) is 68.1 Å². The van der Waals surface area contributed by atoms with Gasteiger partial charge in [0.2, 0.25) is 53.2 Å². The maximum Gasteiger partial charge on any atom is 0.326 e. The van der Waals surface area contributed by atoms with Crippen LogP contribution in [0.1, 0.15) is 90.7 Å². The Balaban J connectivity index is 1.85. The molecule has 1 aromatic heterocycles. The minimum absolute atomic E-state index is 0.0505. The molecule has 0 saturated carbocycles. The number of carboxylic acids is 2. The number of aliphatic hydroxyl groups excluding tert-OH is 1. The first-order valence-electron chi connectivity index (χ1n) is 27.2. The number of rotatable bonds is 36. The van der Waals surface area contributed by atoms with Crippen LogP contribution in [0, 0.1) is 5.92 Å². The predicted molar refractivity (Wildman–Crippen MR) is 304 cm³/mol. The van der Waals surface area contributed by atoms with Crippen LogP contribution in [0.5, 0.6) is 0 Å². The first-order chi connectivity index (χ1) is 39.3. The lowest BCUT2D eigenvalue weighted by Gasteiger charge is -2.28. The number of aliphatic hydroxyl groups is 1. The van der Waals surface area contributed by atoms with E-state index in [1.807, 2.05) is 6.92 Å². The van der Waals surface area contributed by atoms with Crippen LogP contribution in [0.25, 0.3) is 10.9 Å². The highest BCUT2D eigenvalue weighted by molar-refractivity contribution is 5.99. The van der Waals surface area contributed by atoms with Gasteiger partial charge in [0.1, 0.15) is 48.3 Å². The van der Waals surface area contributed by atoms with Crippen molar-refractivity contribution in [2.75, 3.05) is 19.6 Å². The summed E-state index contributed by atoms with van der Waals surface area (Å²) in [7, 11) is 0. The molecule has 0 saturated heterocycles. The lowest BCUT2D eigenvalue weighted by Crippen LogP contribution is -2.62. The topological polar surface area (TPSA) is 489 Å². The third-order valence-electron chi connectivity index (χ3n) is 13.4. The number of aliphatic imine (C=N–C) groups is 1. The molecule has 0 unspecified atom stereocenters. The largest absolute Gasteiger partial charge is 0.481 e. The molecular formula is C54H81N15O14. The Kier molecular flexibility index (Phi) is 28.5. The molecule has 83 heavy (non-hydrogen) atoms. The highest BCUT2D eigenvalue weighted by Gasteiger charge is 2.36. The molecule has 11 atom stereocenters. The minimum atomic E-state index is -1.90. The predicted octanol–water partition coefficient (Wildman–Crippen LogP) is -3.52. The van der Waals surface area contributed by atoms with Crippen LogP contribution in [-0.4, -0.2) is 171 Å². The van der Waals surface area contributed by atoms with Gasteiger partial charge in [-0.05, 0) is 82.5 Å². The van der Waals surface area contributed by atoms with Crippen molar-refractivity contribution in [1.82, 2.24) is 52.8 Å². The van der Waals surface area contributed by atoms with E-state index >= 15 is 0 Å². The SMILES string of the molecule is CC[C@H](C)[C@H](N)C(=O)NCC(=O)N[C@@H](Cc1c[nH]c2ccccc12)C(=O)N[C@@H](CCCCN)C(=O)N[C@@H](CC(=O)O)C(=O)N[C@@H](Cc1ccccc1)C(=O)N[C@H](C(=O)N[C@@H](C)C(=O)N[C@@H](C)C(=O)N[C@@H](CCCN=C(N)N)C(=O)O)[C@@H](C)O. The number of benzene rings is 2. The van der Waals surface area contributed by atoms with Crippen LogP contribution in [0.3, 0.4) is 0 Å². The smallest absolute Gasteiger partial charge is 0.326 e. The fourth-order valence-electron chi connectivity index (χ4n) is 8.28. The van der Waals surface area contributed by atoms with Crippen molar-refractivity contribution in [3.8, 4) is 0 Å². The number of amides is 9. The summed E-state index contributed by atoms with van der Waals surface area (Å²) < 4.78 is 0. The zero-order valence-electron chi connectivity index (χ0n) is 47.2. The van der Waals surface area contributed by atoms with E-state index in [2.05, 4.69) is 57.8 Å². The van der Waals surface area contributed by atoms with Gasteiger partial charge in [-0.2, -0.15) is 0 Å². The molecule has 0 radical (unpaired) electrons. The number of aromatic amines is 1. The lowest BCUT2D eigenvalue weighted by atomic mass is 9.99. The second-order valence-corrected chi connectivity index (χ2v) is 20.1. The number of nitrogens with one attached hydrogen (secondary N) is 10. The normalized spacial score (nSPS) is 15.0. The van der Waals surface area contributed by atoms with Gasteiger partial charge in [0.15, 0.2) is 5.96 Å². The van der Waals surface area contributed by atoms with Crippen molar-refractivity contribution in [1.29, 1.82) is 0 Å². The molecule has 0 aliphatic heterocycles. The van der Waals surface area contributed by atoms with E-state index in [1.54, 1.807) is 67.7 Å². The second-order valence-electron chi connectivity index (χ2n) is 20.1. The Labute approximate surface area is 479 Å². The van der Waals surface area contributed by atoms with E-state index in [4.69, 9.17) is 22.9 Å². The average molecular weight is 1160 g/mol. The lowest BCUT2D eigenvalue weighted by molar-refractivity contribution is -0.142. The molecule has 29 nitrogen and oxygen atoms in total. The molecule has 1 heterocycles. The third kappa shape index (κ3) is 23.4. The van der Waals surface area contributed by atoms with Gasteiger partial charge >= 0.3 is 11.9 Å². The molecule has 0 fully saturated rings. The van der Waals surface area contributed by atoms with Crippen molar-refractivity contribution in [3.05, 3.63) is 71.9 Å². The van der Waals surface area contributed by atoms with Crippen molar-refractivity contribution < 1.29 is 68.1 Å². The average Bonchev–Trinajstić information content (AvgIpc) is 4.15. The summed E-state index contributed by atoms with van der Waals surface area (Å²) in [5, 5.41) is 53.0. The van der Waals surface area contributed by atoms with Crippen molar-refractivity contribution in [3.63, 3.8) is 0 Å². The van der Waals surface area contributed by atoms with Crippen LogP contribution in [0.15, 0.2) is 65.8 Å². The zero-order valence-corrected chi connectivity index (χ0v) is 47.2. The maximum absolute atomic E-state index is 14.3. The molecular weight excluding hydrogens is 1080 g/mol. The number of nitrogens with two attached hydrogens (primary N) is 4. The van der Waals surface area contributed by atoms with Crippen molar-refractivity contribution in [2.45, 2.75) is 153 Å². The van der Waals surface area contributed by atoms with Gasteiger partial charge in [0, 0.05) is 36.5 Å². The number of nitrogens with zero attached hydrogens (tertiary/aromatic N) is 1. The number of carboxylic acid groups (broad SMARTS) is 2. The Morgan fingerprint density at radius 3 is 1.76 bits per heavy atom. The van der Waals surface area contributed by atoms with Gasteiger partial charge in [-0.25, -0.2) is 4.79 Å². The highest BCUT2D eigenvalue weighted by atomic mass is 16.4. The van der Waals surface area contributed by atoms with Crippen LogP contribution in [0.4, 0.5) is 0 Å². The number of fused-ring (bicyclic) bond motifs is 1. The van der Waals surface area contributed by atoms with Crippen LogP contribution < -0.4 is 70.8 Å². The van der Waals surface area contributed by atoms with E-state index in [-0.39, 0.29) is 63.5 Å². The van der Waals surface area contributed by atoms with Gasteiger partial charge in [0.25, 0.3) is 0 Å². The Bertz CT molecular complexity index is 2740. The molecule has 29 heteroatoms. The molecule has 21 N–H and O–H groups in total. The molecule has 2 aromatic carbocycles. The first-order valence-corrected chi connectivity index (χ1v) is 27.2. The van der Waals surface area contributed by atoms with Crippen molar-refractivity contribution in [2.24, 2.45) is 33.8 Å². The van der Waals surface area contributed by atoms with Gasteiger partial charge in [-0.3, -0.25) is 52.9 Å². The Morgan fingerprint density at radius 1 is 0.602 bits per heavy atom.